The number of anilines is 1. The summed E-state index contributed by atoms with van der Waals surface area (Å²) in [6, 6.07) is 5.12. The quantitative estimate of drug-likeness (QED) is 0.507. The van der Waals surface area contributed by atoms with Crippen molar-refractivity contribution in [3.63, 3.8) is 0 Å². The molecule has 4 nitrogen and oxygen atoms in total. The molecule has 0 amide bonds. The lowest BCUT2D eigenvalue weighted by Gasteiger charge is -2.19. The van der Waals surface area contributed by atoms with E-state index in [2.05, 4.69) is 0 Å². The zero-order chi connectivity index (χ0) is 13.8. The predicted octanol–water partition coefficient (Wildman–Crippen LogP) is 2.55. The Morgan fingerprint density at radius 2 is 1.94 bits per heavy atom. The van der Waals surface area contributed by atoms with Gasteiger partial charge in [0.2, 0.25) is 0 Å². The lowest BCUT2D eigenvalue weighted by Crippen LogP contribution is -2.22. The molecule has 0 aliphatic rings. The Bertz CT molecular complexity index is 422. The first-order chi connectivity index (χ1) is 8.29. The van der Waals surface area contributed by atoms with E-state index in [4.69, 9.17) is 15.2 Å². The average Bonchev–Trinajstić information content (AvgIpc) is 2.22. The number of esters is 1. The van der Waals surface area contributed by atoms with Crippen LogP contribution < -0.4 is 5.73 Å². The maximum Gasteiger partial charge on any atom is 0.338 e. The topological polar surface area (TPSA) is 61.6 Å². The molecule has 0 aliphatic heterocycles. The van der Waals surface area contributed by atoms with Gasteiger partial charge in [-0.25, -0.2) is 4.79 Å². The highest BCUT2D eigenvalue weighted by molar-refractivity contribution is 5.91. The number of ether oxygens (including phenoxy) is 2. The largest absolute Gasteiger partial charge is 0.460 e. The molecule has 0 radical (unpaired) electrons. The smallest absolute Gasteiger partial charge is 0.338 e. The van der Waals surface area contributed by atoms with E-state index in [1.54, 1.807) is 18.2 Å². The van der Waals surface area contributed by atoms with Crippen LogP contribution in [0.4, 0.5) is 5.69 Å². The summed E-state index contributed by atoms with van der Waals surface area (Å²) in [7, 11) is 0. The van der Waals surface area contributed by atoms with Crippen LogP contribution in [0.2, 0.25) is 0 Å². The van der Waals surface area contributed by atoms with Gasteiger partial charge in [-0.05, 0) is 51.5 Å². The third-order valence-corrected chi connectivity index (χ3v) is 2.32. The zero-order valence-electron chi connectivity index (χ0n) is 11.4. The molecule has 1 aromatic carbocycles. The van der Waals surface area contributed by atoms with Crippen molar-refractivity contribution < 1.29 is 14.3 Å². The van der Waals surface area contributed by atoms with Gasteiger partial charge in [-0.15, -0.1) is 0 Å². The summed E-state index contributed by atoms with van der Waals surface area (Å²) in [6.07, 6.45) is 0. The Kier molecular flexibility index (Phi) is 4.73. The van der Waals surface area contributed by atoms with E-state index in [9.17, 15) is 4.79 Å². The zero-order valence-corrected chi connectivity index (χ0v) is 11.4. The van der Waals surface area contributed by atoms with E-state index in [0.717, 1.165) is 5.56 Å². The minimum atomic E-state index is -0.343. The molecular weight excluding hydrogens is 230 g/mol. The van der Waals surface area contributed by atoms with Crippen LogP contribution in [0.3, 0.4) is 0 Å². The van der Waals surface area contributed by atoms with Crippen LogP contribution in [-0.2, 0) is 9.47 Å². The first kappa shape index (κ1) is 14.5. The minimum Gasteiger partial charge on any atom is -0.460 e. The molecule has 1 rings (SSSR count). The lowest BCUT2D eigenvalue weighted by molar-refractivity contribution is -0.0281. The lowest BCUT2D eigenvalue weighted by atomic mass is 10.1. The van der Waals surface area contributed by atoms with Crippen molar-refractivity contribution in [2.75, 3.05) is 18.9 Å². The Balaban J connectivity index is 2.46. The second-order valence-corrected chi connectivity index (χ2v) is 5.17. The van der Waals surface area contributed by atoms with Crippen molar-refractivity contribution in [3.05, 3.63) is 29.3 Å². The summed E-state index contributed by atoms with van der Waals surface area (Å²) >= 11 is 0. The number of carbonyl (C=O) groups is 1. The van der Waals surface area contributed by atoms with Gasteiger partial charge < -0.3 is 15.2 Å². The van der Waals surface area contributed by atoms with Gasteiger partial charge in [0.25, 0.3) is 0 Å². The summed E-state index contributed by atoms with van der Waals surface area (Å²) in [5.41, 5.74) is 7.40. The van der Waals surface area contributed by atoms with E-state index in [1.807, 2.05) is 27.7 Å². The van der Waals surface area contributed by atoms with Gasteiger partial charge in [0, 0.05) is 5.69 Å². The third-order valence-electron chi connectivity index (χ3n) is 2.32. The normalized spacial score (nSPS) is 11.3. The fraction of sp³-hybridized carbons (Fsp3) is 0.500. The minimum absolute atomic E-state index is 0.219. The number of hydrogen-bond donors (Lipinski definition) is 1. The monoisotopic (exact) mass is 251 g/mol. The van der Waals surface area contributed by atoms with Gasteiger partial charge in [0.05, 0.1) is 17.8 Å². The van der Waals surface area contributed by atoms with Gasteiger partial charge >= 0.3 is 5.97 Å². The molecule has 4 heteroatoms. The molecule has 0 bridgehead atoms. The Morgan fingerprint density at radius 3 is 2.50 bits per heavy atom. The molecule has 18 heavy (non-hydrogen) atoms. The first-order valence-electron chi connectivity index (χ1n) is 5.97. The standard InChI is InChI=1S/C14H21NO3/c1-10-9-11(15)5-6-12(10)13(16)17-7-8-18-14(2,3)4/h5-6,9H,7-8,15H2,1-4H3. The maximum atomic E-state index is 11.8. The fourth-order valence-electron chi connectivity index (χ4n) is 1.48. The van der Waals surface area contributed by atoms with E-state index in [-0.39, 0.29) is 18.2 Å². The molecule has 0 saturated heterocycles. The molecule has 0 unspecified atom stereocenters. The van der Waals surface area contributed by atoms with Gasteiger partial charge in [-0.1, -0.05) is 0 Å². The molecule has 0 fully saturated rings. The summed E-state index contributed by atoms with van der Waals surface area (Å²) < 4.78 is 10.6. The van der Waals surface area contributed by atoms with E-state index < -0.39 is 0 Å². The molecular formula is C14H21NO3. The van der Waals surface area contributed by atoms with E-state index >= 15 is 0 Å². The number of aryl methyl sites for hydroxylation is 1. The second-order valence-electron chi connectivity index (χ2n) is 5.17. The van der Waals surface area contributed by atoms with Crippen LogP contribution in [0.25, 0.3) is 0 Å². The van der Waals surface area contributed by atoms with Crippen LogP contribution in [-0.4, -0.2) is 24.8 Å². The number of benzene rings is 1. The van der Waals surface area contributed by atoms with E-state index in [1.165, 1.54) is 0 Å². The predicted molar refractivity (Wildman–Crippen MR) is 71.6 cm³/mol. The van der Waals surface area contributed by atoms with Crippen molar-refractivity contribution in [2.45, 2.75) is 33.3 Å². The highest BCUT2D eigenvalue weighted by Crippen LogP contribution is 2.13. The molecule has 1 aromatic rings. The molecule has 0 saturated carbocycles. The number of nitrogen functional groups attached to an aromatic ring is 1. The Morgan fingerprint density at radius 1 is 1.28 bits per heavy atom. The van der Waals surface area contributed by atoms with Crippen molar-refractivity contribution in [1.29, 1.82) is 0 Å². The fourth-order valence-corrected chi connectivity index (χ4v) is 1.48. The average molecular weight is 251 g/mol. The highest BCUT2D eigenvalue weighted by Gasteiger charge is 2.12. The van der Waals surface area contributed by atoms with Gasteiger partial charge in [0.1, 0.15) is 6.61 Å². The van der Waals surface area contributed by atoms with Crippen LogP contribution in [0.1, 0.15) is 36.7 Å². The van der Waals surface area contributed by atoms with Crippen molar-refractivity contribution in [3.8, 4) is 0 Å². The number of carbonyl (C=O) groups excluding carboxylic acids is 1. The number of nitrogens with two attached hydrogens (primary N) is 1. The number of rotatable bonds is 4. The van der Waals surface area contributed by atoms with E-state index in [0.29, 0.717) is 17.9 Å². The molecule has 0 aromatic heterocycles. The Labute approximate surface area is 108 Å². The maximum absolute atomic E-state index is 11.8. The molecule has 0 heterocycles. The van der Waals surface area contributed by atoms with Gasteiger partial charge in [0.15, 0.2) is 0 Å². The molecule has 0 atom stereocenters. The first-order valence-corrected chi connectivity index (χ1v) is 5.97. The van der Waals surface area contributed by atoms with Crippen LogP contribution >= 0.6 is 0 Å². The van der Waals surface area contributed by atoms with Crippen LogP contribution in [0.5, 0.6) is 0 Å². The third kappa shape index (κ3) is 4.75. The summed E-state index contributed by atoms with van der Waals surface area (Å²) in [5, 5.41) is 0. The molecule has 2 N–H and O–H groups in total. The van der Waals surface area contributed by atoms with Crippen LogP contribution in [0.15, 0.2) is 18.2 Å². The number of hydrogen-bond acceptors (Lipinski definition) is 4. The summed E-state index contributed by atoms with van der Waals surface area (Å²) in [6.45, 7) is 8.35. The van der Waals surface area contributed by atoms with Crippen molar-refractivity contribution in [1.82, 2.24) is 0 Å². The highest BCUT2D eigenvalue weighted by atomic mass is 16.6. The van der Waals surface area contributed by atoms with Crippen molar-refractivity contribution >= 4 is 11.7 Å². The second kappa shape index (κ2) is 5.87. The molecule has 0 spiro atoms. The van der Waals surface area contributed by atoms with Gasteiger partial charge in [-0.2, -0.15) is 0 Å². The molecule has 100 valence electrons. The van der Waals surface area contributed by atoms with Crippen molar-refractivity contribution in [2.24, 2.45) is 0 Å². The summed E-state index contributed by atoms with van der Waals surface area (Å²) in [5.74, 6) is -0.343. The summed E-state index contributed by atoms with van der Waals surface area (Å²) in [4.78, 5) is 11.8. The Hall–Kier alpha value is -1.55. The van der Waals surface area contributed by atoms with Crippen LogP contribution in [0, 0.1) is 6.92 Å². The SMILES string of the molecule is Cc1cc(N)ccc1C(=O)OCCOC(C)(C)C. The molecule has 0 aliphatic carbocycles. The van der Waals surface area contributed by atoms with Gasteiger partial charge in [-0.3, -0.25) is 0 Å².